The average Bonchev–Trinajstić information content (AvgIpc) is 3.20. The summed E-state index contributed by atoms with van der Waals surface area (Å²) in [4.78, 5) is 7.59. The topological polar surface area (TPSA) is 28.7 Å². The van der Waals surface area contributed by atoms with E-state index in [0.717, 1.165) is 28.6 Å². The van der Waals surface area contributed by atoms with Gasteiger partial charge in [0.25, 0.3) is 0 Å². The smallest absolute Gasteiger partial charge is 0.144 e. The van der Waals surface area contributed by atoms with Crippen molar-refractivity contribution in [3.05, 3.63) is 43.8 Å². The molecule has 3 rings (SSSR count). The minimum Gasteiger partial charge on any atom is -0.342 e. The third kappa shape index (κ3) is 2.59. The molecule has 0 spiro atoms. The van der Waals surface area contributed by atoms with Gasteiger partial charge in [0.1, 0.15) is 16.3 Å². The van der Waals surface area contributed by atoms with Crippen LogP contribution in [0.15, 0.2) is 22.7 Å². The van der Waals surface area contributed by atoms with E-state index < -0.39 is 5.82 Å². The van der Waals surface area contributed by atoms with Crippen molar-refractivity contribution in [2.45, 2.75) is 18.8 Å². The van der Waals surface area contributed by atoms with Gasteiger partial charge in [-0.3, -0.25) is 0 Å². The summed E-state index contributed by atoms with van der Waals surface area (Å²) in [5.74, 6) is 0.689. The average molecular weight is 360 g/mol. The van der Waals surface area contributed by atoms with Crippen LogP contribution in [0.4, 0.5) is 4.39 Å². The molecule has 1 fully saturated rings. The summed E-state index contributed by atoms with van der Waals surface area (Å²) < 4.78 is 14.5. The van der Waals surface area contributed by atoms with Gasteiger partial charge in [0.05, 0.1) is 9.50 Å². The lowest BCUT2D eigenvalue weighted by molar-refractivity contribution is 0.628. The number of nitrogens with one attached hydrogen (secondary N) is 1. The fourth-order valence-electron chi connectivity index (χ4n) is 1.91. The van der Waals surface area contributed by atoms with Crippen LogP contribution in [0, 0.1) is 10.5 Å². The third-order valence-corrected chi connectivity index (χ3v) is 4.72. The van der Waals surface area contributed by atoms with E-state index in [-0.39, 0.29) is 5.02 Å². The van der Waals surface area contributed by atoms with Gasteiger partial charge >= 0.3 is 0 Å². The van der Waals surface area contributed by atoms with Crippen molar-refractivity contribution in [1.29, 1.82) is 0 Å². The van der Waals surface area contributed by atoms with E-state index in [2.05, 4.69) is 25.9 Å². The van der Waals surface area contributed by atoms with Gasteiger partial charge in [0.2, 0.25) is 0 Å². The summed E-state index contributed by atoms with van der Waals surface area (Å²) in [6, 6.07) is 4.52. The molecule has 0 bridgehead atoms. The molecule has 1 aliphatic rings. The summed E-state index contributed by atoms with van der Waals surface area (Å²) in [7, 11) is 0. The second-order valence-electron chi connectivity index (χ2n) is 4.52. The zero-order chi connectivity index (χ0) is 13.6. The zero-order valence-corrected chi connectivity index (χ0v) is 12.9. The van der Waals surface area contributed by atoms with Crippen molar-refractivity contribution in [1.82, 2.24) is 9.97 Å². The molecule has 0 aliphatic heterocycles. The number of hydrogen-bond acceptors (Lipinski definition) is 2. The highest BCUT2D eigenvalue weighted by Gasteiger charge is 2.27. The largest absolute Gasteiger partial charge is 0.342 e. The van der Waals surface area contributed by atoms with E-state index in [4.69, 9.17) is 23.8 Å². The summed E-state index contributed by atoms with van der Waals surface area (Å²) in [6.07, 6.45) is 2.30. The Hall–Kier alpha value is -0.780. The summed E-state index contributed by atoms with van der Waals surface area (Å²) in [6.45, 7) is 0. The fraction of sp³-hybridized carbons (Fsp3) is 0.231. The SMILES string of the molecule is Fc1ccc(-c2nc(=S)c(Br)c(C3CC3)[nH]2)cc1Cl. The minimum absolute atomic E-state index is 0.0782. The first-order chi connectivity index (χ1) is 9.06. The Labute approximate surface area is 128 Å². The van der Waals surface area contributed by atoms with E-state index in [1.807, 2.05) is 0 Å². The Balaban J connectivity index is 2.14. The van der Waals surface area contributed by atoms with Gasteiger partial charge in [-0.05, 0) is 47.0 Å². The quantitative estimate of drug-likeness (QED) is 0.743. The number of H-pyrrole nitrogens is 1. The van der Waals surface area contributed by atoms with Crippen LogP contribution >= 0.6 is 39.7 Å². The third-order valence-electron chi connectivity index (χ3n) is 3.07. The van der Waals surface area contributed by atoms with Crippen LogP contribution in [-0.4, -0.2) is 9.97 Å². The van der Waals surface area contributed by atoms with Gasteiger partial charge in [-0.2, -0.15) is 0 Å². The van der Waals surface area contributed by atoms with Crippen LogP contribution in [-0.2, 0) is 0 Å². The first-order valence-corrected chi connectivity index (χ1v) is 7.39. The number of benzene rings is 1. The molecule has 19 heavy (non-hydrogen) atoms. The van der Waals surface area contributed by atoms with Gasteiger partial charge in [-0.25, -0.2) is 9.37 Å². The van der Waals surface area contributed by atoms with Gasteiger partial charge in [0, 0.05) is 17.2 Å². The molecule has 0 amide bonds. The lowest BCUT2D eigenvalue weighted by Gasteiger charge is -2.08. The predicted molar refractivity (Wildman–Crippen MR) is 79.5 cm³/mol. The van der Waals surface area contributed by atoms with Crippen LogP contribution in [0.2, 0.25) is 5.02 Å². The molecule has 0 unspecified atom stereocenters. The highest BCUT2D eigenvalue weighted by atomic mass is 79.9. The molecule has 0 atom stereocenters. The Kier molecular flexibility index (Phi) is 3.45. The highest BCUT2D eigenvalue weighted by molar-refractivity contribution is 9.10. The zero-order valence-electron chi connectivity index (χ0n) is 9.71. The number of halogens is 3. The fourth-order valence-corrected chi connectivity index (χ4v) is 2.80. The maximum atomic E-state index is 13.2. The van der Waals surface area contributed by atoms with Gasteiger partial charge in [-0.1, -0.05) is 23.8 Å². The maximum Gasteiger partial charge on any atom is 0.144 e. The summed E-state index contributed by atoms with van der Waals surface area (Å²) >= 11 is 14.5. The maximum absolute atomic E-state index is 13.2. The molecular weight excluding hydrogens is 351 g/mol. The van der Waals surface area contributed by atoms with Crippen LogP contribution in [0.3, 0.4) is 0 Å². The lowest BCUT2D eigenvalue weighted by Crippen LogP contribution is -1.97. The molecule has 0 radical (unpaired) electrons. The van der Waals surface area contributed by atoms with Gasteiger partial charge in [-0.15, -0.1) is 0 Å². The number of nitrogens with zero attached hydrogens (tertiary/aromatic N) is 1. The van der Waals surface area contributed by atoms with Crippen molar-refractivity contribution in [3.63, 3.8) is 0 Å². The van der Waals surface area contributed by atoms with E-state index in [1.54, 1.807) is 12.1 Å². The van der Waals surface area contributed by atoms with Crippen molar-refractivity contribution < 1.29 is 4.39 Å². The van der Waals surface area contributed by atoms with E-state index >= 15 is 0 Å². The molecule has 1 saturated carbocycles. The van der Waals surface area contributed by atoms with Gasteiger partial charge < -0.3 is 4.98 Å². The summed E-state index contributed by atoms with van der Waals surface area (Å²) in [5.41, 5.74) is 1.79. The lowest BCUT2D eigenvalue weighted by atomic mass is 10.2. The molecule has 1 aliphatic carbocycles. The van der Waals surface area contributed by atoms with Crippen LogP contribution in [0.1, 0.15) is 24.5 Å². The van der Waals surface area contributed by atoms with Gasteiger partial charge in [0.15, 0.2) is 0 Å². The number of rotatable bonds is 2. The highest BCUT2D eigenvalue weighted by Crippen LogP contribution is 2.42. The molecule has 1 aromatic heterocycles. The van der Waals surface area contributed by atoms with Crippen LogP contribution in [0.25, 0.3) is 11.4 Å². The van der Waals surface area contributed by atoms with Crippen molar-refractivity contribution in [2.75, 3.05) is 0 Å². The molecule has 1 heterocycles. The van der Waals surface area contributed by atoms with Crippen molar-refractivity contribution in [3.8, 4) is 11.4 Å². The van der Waals surface area contributed by atoms with Crippen molar-refractivity contribution in [2.24, 2.45) is 0 Å². The molecule has 2 aromatic rings. The second kappa shape index (κ2) is 4.96. The second-order valence-corrected chi connectivity index (χ2v) is 6.11. The molecule has 1 N–H and O–H groups in total. The minimum atomic E-state index is -0.441. The molecule has 2 nitrogen and oxygen atoms in total. The Morgan fingerprint density at radius 1 is 1.42 bits per heavy atom. The normalized spacial score (nSPS) is 14.7. The Morgan fingerprint density at radius 2 is 2.16 bits per heavy atom. The number of aromatic nitrogens is 2. The first kappa shape index (κ1) is 13.2. The van der Waals surface area contributed by atoms with E-state index in [0.29, 0.717) is 16.4 Å². The number of aromatic amines is 1. The summed E-state index contributed by atoms with van der Waals surface area (Å²) in [5, 5.41) is 0.0782. The first-order valence-electron chi connectivity index (χ1n) is 5.81. The standard InChI is InChI=1S/C13H9BrClFN2S/c14-10-11(6-1-2-6)17-12(18-13(10)19)7-3-4-9(16)8(15)5-7/h3-6H,1-2H2,(H,17,18,19). The predicted octanol–water partition coefficient (Wildman–Crippen LogP) is 5.24. The van der Waals surface area contributed by atoms with Crippen molar-refractivity contribution >= 4 is 39.7 Å². The van der Waals surface area contributed by atoms with Crippen LogP contribution < -0.4 is 0 Å². The monoisotopic (exact) mass is 358 g/mol. The molecule has 98 valence electrons. The molecule has 6 heteroatoms. The molecular formula is C13H9BrClFN2S. The van der Waals surface area contributed by atoms with Crippen LogP contribution in [0.5, 0.6) is 0 Å². The molecule has 1 aromatic carbocycles. The van der Waals surface area contributed by atoms with E-state index in [9.17, 15) is 4.39 Å². The van der Waals surface area contributed by atoms with E-state index in [1.165, 1.54) is 6.07 Å². The Morgan fingerprint density at radius 3 is 2.79 bits per heavy atom. The molecule has 0 saturated heterocycles. The number of hydrogen-bond donors (Lipinski definition) is 1. The Bertz CT molecular complexity index is 712.